The minimum atomic E-state index is -4.44. The average molecular weight is 361 g/mol. The maximum Gasteiger partial charge on any atom is 0.433 e. The second-order valence-corrected chi connectivity index (χ2v) is 6.46. The van der Waals surface area contributed by atoms with Crippen LogP contribution in [0.2, 0.25) is 0 Å². The Morgan fingerprint density at radius 1 is 1.19 bits per heavy atom. The van der Waals surface area contributed by atoms with Crippen LogP contribution >= 0.6 is 0 Å². The van der Waals surface area contributed by atoms with Crippen molar-refractivity contribution in [3.63, 3.8) is 0 Å². The molecule has 0 amide bonds. The third-order valence-electron chi connectivity index (χ3n) is 4.78. The Labute approximate surface area is 148 Å². The van der Waals surface area contributed by atoms with Crippen LogP contribution in [0.5, 0.6) is 0 Å². The summed E-state index contributed by atoms with van der Waals surface area (Å²) in [6, 6.07) is 6.59. The third-order valence-corrected chi connectivity index (χ3v) is 4.78. The Hall–Kier alpha value is -2.61. The maximum atomic E-state index is 12.6. The van der Waals surface area contributed by atoms with Crippen molar-refractivity contribution < 1.29 is 13.2 Å². The molecular weight excluding hydrogens is 343 g/mol. The lowest BCUT2D eigenvalue weighted by Gasteiger charge is -2.21. The number of rotatable bonds is 3. The number of nitrogens with zero attached hydrogens (tertiary/aromatic N) is 2. The molecule has 5 nitrogen and oxygen atoms in total. The van der Waals surface area contributed by atoms with E-state index in [2.05, 4.69) is 25.6 Å². The summed E-state index contributed by atoms with van der Waals surface area (Å²) in [5, 5.41) is 7.42. The molecule has 0 fully saturated rings. The second kappa shape index (κ2) is 6.28. The highest BCUT2D eigenvalue weighted by Crippen LogP contribution is 2.30. The van der Waals surface area contributed by atoms with Gasteiger partial charge in [0.25, 0.3) is 0 Å². The Kier molecular flexibility index (Phi) is 4.07. The molecule has 0 aliphatic heterocycles. The molecule has 3 aromatic heterocycles. The Morgan fingerprint density at radius 3 is 2.73 bits per heavy atom. The molecule has 1 unspecified atom stereocenters. The van der Waals surface area contributed by atoms with Crippen LogP contribution in [0.4, 0.5) is 24.7 Å². The first-order chi connectivity index (χ1) is 12.4. The fourth-order valence-corrected chi connectivity index (χ4v) is 3.39. The smallest absolute Gasteiger partial charge is 0.343 e. The molecule has 1 aliphatic carbocycles. The van der Waals surface area contributed by atoms with Crippen LogP contribution < -0.4 is 10.6 Å². The number of pyridine rings is 2. The standard InChI is InChI=1S/C18H18F3N5/c1-22-10-2-5-14-13(8-10)12-4-7-16(26-17(12)25-14)24-11-3-6-15(23-9-11)18(19,20)21/h3-4,6-7,9-10,22H,2,5,8H2,1H3,(H2,24,25,26). The predicted molar refractivity (Wildman–Crippen MR) is 93.5 cm³/mol. The summed E-state index contributed by atoms with van der Waals surface area (Å²) in [6.45, 7) is 0. The number of aryl methyl sites for hydroxylation is 1. The molecule has 0 aromatic carbocycles. The first-order valence-electron chi connectivity index (χ1n) is 8.42. The monoisotopic (exact) mass is 361 g/mol. The van der Waals surface area contributed by atoms with Crippen molar-refractivity contribution in [2.45, 2.75) is 31.5 Å². The molecular formula is C18H18F3N5. The van der Waals surface area contributed by atoms with Gasteiger partial charge >= 0.3 is 6.18 Å². The molecule has 0 saturated heterocycles. The summed E-state index contributed by atoms with van der Waals surface area (Å²) in [6.07, 6.45) is -0.263. The summed E-state index contributed by atoms with van der Waals surface area (Å²) in [5.74, 6) is 0.558. The van der Waals surface area contributed by atoms with Gasteiger partial charge in [0.05, 0.1) is 11.9 Å². The quantitative estimate of drug-likeness (QED) is 0.664. The normalized spacial score (nSPS) is 17.3. The minimum Gasteiger partial charge on any atom is -0.343 e. The van der Waals surface area contributed by atoms with Gasteiger partial charge < -0.3 is 15.6 Å². The number of anilines is 2. The molecule has 3 aromatic rings. The van der Waals surface area contributed by atoms with E-state index < -0.39 is 11.9 Å². The summed E-state index contributed by atoms with van der Waals surface area (Å²) in [4.78, 5) is 11.4. The van der Waals surface area contributed by atoms with E-state index in [9.17, 15) is 13.2 Å². The van der Waals surface area contributed by atoms with E-state index in [4.69, 9.17) is 0 Å². The van der Waals surface area contributed by atoms with E-state index in [-0.39, 0.29) is 0 Å². The number of H-pyrrole nitrogens is 1. The number of alkyl halides is 3. The Morgan fingerprint density at radius 2 is 2.04 bits per heavy atom. The molecule has 0 saturated carbocycles. The van der Waals surface area contributed by atoms with Crippen molar-refractivity contribution in [1.82, 2.24) is 20.3 Å². The molecule has 1 atom stereocenters. The molecule has 3 heterocycles. The first kappa shape index (κ1) is 16.8. The number of hydrogen-bond donors (Lipinski definition) is 3. The topological polar surface area (TPSA) is 65.6 Å². The lowest BCUT2D eigenvalue weighted by atomic mass is 9.92. The zero-order valence-electron chi connectivity index (χ0n) is 14.1. The van der Waals surface area contributed by atoms with Crippen LogP contribution in [-0.4, -0.2) is 28.0 Å². The van der Waals surface area contributed by atoms with Gasteiger partial charge in [0, 0.05) is 17.1 Å². The molecule has 8 heteroatoms. The molecule has 4 rings (SSSR count). The van der Waals surface area contributed by atoms with Crippen molar-refractivity contribution in [3.05, 3.63) is 47.4 Å². The van der Waals surface area contributed by atoms with Gasteiger partial charge in [0.1, 0.15) is 17.2 Å². The fourth-order valence-electron chi connectivity index (χ4n) is 3.39. The number of nitrogens with one attached hydrogen (secondary N) is 3. The van der Waals surface area contributed by atoms with E-state index in [1.54, 1.807) is 0 Å². The molecule has 136 valence electrons. The maximum absolute atomic E-state index is 12.6. The van der Waals surface area contributed by atoms with Crippen LogP contribution in [0.15, 0.2) is 30.5 Å². The predicted octanol–water partition coefficient (Wildman–Crippen LogP) is 3.80. The fraction of sp³-hybridized carbons (Fsp3) is 0.333. The van der Waals surface area contributed by atoms with Gasteiger partial charge in [-0.15, -0.1) is 0 Å². The zero-order valence-corrected chi connectivity index (χ0v) is 14.1. The largest absolute Gasteiger partial charge is 0.433 e. The number of aromatic nitrogens is 3. The van der Waals surface area contributed by atoms with Gasteiger partial charge in [-0.25, -0.2) is 9.97 Å². The van der Waals surface area contributed by atoms with Crippen molar-refractivity contribution in [2.24, 2.45) is 0 Å². The van der Waals surface area contributed by atoms with Crippen molar-refractivity contribution in [2.75, 3.05) is 12.4 Å². The number of likely N-dealkylation sites (N-methyl/N-ethyl adjacent to an activating group) is 1. The lowest BCUT2D eigenvalue weighted by molar-refractivity contribution is -0.141. The van der Waals surface area contributed by atoms with Crippen molar-refractivity contribution in [1.29, 1.82) is 0 Å². The molecule has 0 radical (unpaired) electrons. The van der Waals surface area contributed by atoms with Gasteiger partial charge in [-0.05, 0) is 56.1 Å². The molecule has 3 N–H and O–H groups in total. The van der Waals surface area contributed by atoms with Crippen molar-refractivity contribution in [3.8, 4) is 0 Å². The molecule has 0 bridgehead atoms. The van der Waals surface area contributed by atoms with E-state index in [1.165, 1.54) is 17.3 Å². The zero-order chi connectivity index (χ0) is 18.3. The number of fused-ring (bicyclic) bond motifs is 3. The number of halogens is 3. The molecule has 0 spiro atoms. The van der Waals surface area contributed by atoms with Gasteiger partial charge in [-0.2, -0.15) is 13.2 Å². The van der Waals surface area contributed by atoms with Crippen molar-refractivity contribution >= 4 is 22.5 Å². The van der Waals surface area contributed by atoms with E-state index in [1.807, 2.05) is 19.2 Å². The highest BCUT2D eigenvalue weighted by atomic mass is 19.4. The van der Waals surface area contributed by atoms with E-state index in [0.29, 0.717) is 17.5 Å². The Balaban J connectivity index is 1.58. The minimum absolute atomic E-state index is 0.455. The van der Waals surface area contributed by atoms with E-state index >= 15 is 0 Å². The van der Waals surface area contributed by atoms with Gasteiger partial charge in [0.15, 0.2) is 0 Å². The summed E-state index contributed by atoms with van der Waals surface area (Å²) in [5.41, 5.74) is 2.84. The number of aromatic amines is 1. The SMILES string of the molecule is CNC1CCc2[nH]c3nc(Nc4ccc(C(F)(F)F)nc4)ccc3c2C1. The highest BCUT2D eigenvalue weighted by molar-refractivity contribution is 5.83. The van der Waals surface area contributed by atoms with Crippen LogP contribution in [0.3, 0.4) is 0 Å². The lowest BCUT2D eigenvalue weighted by Crippen LogP contribution is -2.31. The van der Waals surface area contributed by atoms with Gasteiger partial charge in [0.2, 0.25) is 0 Å². The van der Waals surface area contributed by atoms with Gasteiger partial charge in [-0.1, -0.05) is 0 Å². The van der Waals surface area contributed by atoms with E-state index in [0.717, 1.165) is 42.6 Å². The first-order valence-corrected chi connectivity index (χ1v) is 8.42. The summed E-state index contributed by atoms with van der Waals surface area (Å²) >= 11 is 0. The summed E-state index contributed by atoms with van der Waals surface area (Å²) in [7, 11) is 1.98. The van der Waals surface area contributed by atoms with Crippen LogP contribution in [0.25, 0.3) is 11.0 Å². The second-order valence-electron chi connectivity index (χ2n) is 6.46. The number of hydrogen-bond acceptors (Lipinski definition) is 4. The summed E-state index contributed by atoms with van der Waals surface area (Å²) < 4.78 is 37.7. The Bertz CT molecular complexity index is 930. The van der Waals surface area contributed by atoms with Crippen LogP contribution in [0, 0.1) is 0 Å². The van der Waals surface area contributed by atoms with Gasteiger partial charge in [-0.3, -0.25) is 0 Å². The van der Waals surface area contributed by atoms with Crippen LogP contribution in [0.1, 0.15) is 23.4 Å². The average Bonchev–Trinajstić information content (AvgIpc) is 2.98. The molecule has 26 heavy (non-hydrogen) atoms. The molecule has 1 aliphatic rings. The third kappa shape index (κ3) is 3.12. The van der Waals surface area contributed by atoms with Crippen LogP contribution in [-0.2, 0) is 19.0 Å². The highest BCUT2D eigenvalue weighted by Gasteiger charge is 2.32.